The molecule has 0 unspecified atom stereocenters. The molecule has 1 saturated carbocycles. The lowest BCUT2D eigenvalue weighted by Crippen LogP contribution is -2.43. The zero-order valence-corrected chi connectivity index (χ0v) is 14.6. The Bertz CT molecular complexity index is 848. The Balaban J connectivity index is 1.63. The highest BCUT2D eigenvalue weighted by molar-refractivity contribution is 5.86. The molecule has 0 radical (unpaired) electrons. The van der Waals surface area contributed by atoms with Gasteiger partial charge in [0.2, 0.25) is 5.91 Å². The van der Waals surface area contributed by atoms with Crippen LogP contribution in [0.1, 0.15) is 19.5 Å². The first kappa shape index (κ1) is 17.3. The van der Waals surface area contributed by atoms with Crippen LogP contribution >= 0.6 is 0 Å². The fraction of sp³-hybridized carbons (Fsp3) is 0.556. The van der Waals surface area contributed by atoms with E-state index in [4.69, 9.17) is 0 Å². The molecule has 2 fully saturated rings. The lowest BCUT2D eigenvalue weighted by Gasteiger charge is -2.25. The molecule has 0 spiro atoms. The van der Waals surface area contributed by atoms with Crippen LogP contribution in [0.3, 0.4) is 0 Å². The van der Waals surface area contributed by atoms with E-state index in [0.29, 0.717) is 28.4 Å². The van der Waals surface area contributed by atoms with Crippen molar-refractivity contribution in [1.82, 2.24) is 20.4 Å². The van der Waals surface area contributed by atoms with E-state index in [0.717, 1.165) is 17.8 Å². The van der Waals surface area contributed by atoms with Gasteiger partial charge in [0.05, 0.1) is 16.7 Å². The number of amides is 1. The molecule has 1 aromatic heterocycles. The Morgan fingerprint density at radius 1 is 1.27 bits per heavy atom. The minimum Gasteiger partial charge on any atom is -0.345 e. The Morgan fingerprint density at radius 3 is 2.58 bits per heavy atom. The molecule has 3 atom stereocenters. The maximum Gasteiger partial charge on any atom is 0.408 e. The molecule has 1 saturated heterocycles. The number of carbonyl (C=O) groups is 1. The van der Waals surface area contributed by atoms with Crippen LogP contribution in [0.25, 0.3) is 10.9 Å². The number of hydrogen-bond donors (Lipinski definition) is 2. The number of nitrogens with one attached hydrogen (secondary N) is 2. The van der Waals surface area contributed by atoms with Gasteiger partial charge in [0.15, 0.2) is 0 Å². The van der Waals surface area contributed by atoms with Crippen molar-refractivity contribution in [3.8, 4) is 0 Å². The van der Waals surface area contributed by atoms with E-state index in [2.05, 4.69) is 15.7 Å². The first-order valence-corrected chi connectivity index (χ1v) is 8.73. The molecule has 1 aromatic carbocycles. The quantitative estimate of drug-likeness (QED) is 0.874. The summed E-state index contributed by atoms with van der Waals surface area (Å²) < 4.78 is 39.6. The molecule has 2 aromatic rings. The Labute approximate surface area is 148 Å². The van der Waals surface area contributed by atoms with Crippen LogP contribution in [-0.4, -0.2) is 35.0 Å². The second-order valence-corrected chi connectivity index (χ2v) is 7.76. The predicted molar refractivity (Wildman–Crippen MR) is 90.3 cm³/mol. The lowest BCUT2D eigenvalue weighted by atomic mass is 9.96. The smallest absolute Gasteiger partial charge is 0.345 e. The van der Waals surface area contributed by atoms with Crippen molar-refractivity contribution in [3.63, 3.8) is 0 Å². The number of nitrogens with zero attached hydrogens (tertiary/aromatic N) is 2. The monoisotopic (exact) mass is 366 g/mol. The van der Waals surface area contributed by atoms with Gasteiger partial charge >= 0.3 is 6.18 Å². The average molecular weight is 366 g/mol. The van der Waals surface area contributed by atoms with E-state index in [1.807, 2.05) is 0 Å². The third-order valence-corrected chi connectivity index (χ3v) is 5.41. The van der Waals surface area contributed by atoms with Crippen LogP contribution in [0.4, 0.5) is 13.2 Å². The van der Waals surface area contributed by atoms with Gasteiger partial charge in [0, 0.05) is 11.3 Å². The first-order valence-electron chi connectivity index (χ1n) is 8.73. The van der Waals surface area contributed by atoms with Gasteiger partial charge in [-0.05, 0) is 44.8 Å². The van der Waals surface area contributed by atoms with Gasteiger partial charge in [0.1, 0.15) is 6.54 Å². The van der Waals surface area contributed by atoms with Crippen molar-refractivity contribution < 1.29 is 18.0 Å². The molecule has 4 rings (SSSR count). The van der Waals surface area contributed by atoms with Crippen molar-refractivity contribution >= 4 is 16.8 Å². The number of rotatable bonds is 4. The van der Waals surface area contributed by atoms with Gasteiger partial charge in [-0.25, -0.2) is 0 Å². The van der Waals surface area contributed by atoms with E-state index >= 15 is 0 Å². The minimum absolute atomic E-state index is 0.000880. The molecule has 2 aliphatic rings. The summed E-state index contributed by atoms with van der Waals surface area (Å²) in [6, 6.07) is 6.81. The second-order valence-electron chi connectivity index (χ2n) is 7.76. The van der Waals surface area contributed by atoms with Crippen molar-refractivity contribution in [2.24, 2.45) is 17.8 Å². The molecule has 1 amide bonds. The molecule has 140 valence electrons. The van der Waals surface area contributed by atoms with E-state index < -0.39 is 18.3 Å². The Kier molecular flexibility index (Phi) is 3.80. The first-order chi connectivity index (χ1) is 12.2. The highest BCUT2D eigenvalue weighted by Gasteiger charge is 2.57. The number of piperidine rings is 1. The normalized spacial score (nSPS) is 25.3. The third-order valence-electron chi connectivity index (χ3n) is 5.41. The van der Waals surface area contributed by atoms with Gasteiger partial charge in [-0.2, -0.15) is 18.3 Å². The number of aromatic nitrogens is 2. The van der Waals surface area contributed by atoms with Crippen molar-refractivity contribution in [1.29, 1.82) is 0 Å². The number of benzene rings is 1. The SMILES string of the molecule is CC(C)(NC(=O)[C@H]1[C@@H]2CNC[C@@H]21)c1nn(CC(F)(F)F)c2ccccc12. The van der Waals surface area contributed by atoms with Gasteiger partial charge in [-0.3, -0.25) is 9.48 Å². The fourth-order valence-electron chi connectivity index (χ4n) is 4.14. The average Bonchev–Trinajstić information content (AvgIpc) is 2.88. The highest BCUT2D eigenvalue weighted by Crippen LogP contribution is 2.49. The molecule has 1 aliphatic heterocycles. The molecular weight excluding hydrogens is 345 g/mol. The van der Waals surface area contributed by atoms with E-state index in [1.54, 1.807) is 38.1 Å². The topological polar surface area (TPSA) is 59.0 Å². The van der Waals surface area contributed by atoms with Crippen LogP contribution in [0.15, 0.2) is 24.3 Å². The van der Waals surface area contributed by atoms with Crippen LogP contribution in [0.2, 0.25) is 0 Å². The summed E-state index contributed by atoms with van der Waals surface area (Å²) in [5.41, 5.74) is 0.00183. The standard InChI is InChI=1S/C18H21F3N4O/c1-17(2,23-16(26)14-11-7-22-8-12(11)14)15-10-5-3-4-6-13(10)25(24-15)9-18(19,20)21/h3-6,11-12,14,22H,7-9H2,1-2H3,(H,23,26)/t11-,12+,14+. The zero-order chi connectivity index (χ0) is 18.7. The summed E-state index contributed by atoms with van der Waals surface area (Å²) >= 11 is 0. The van der Waals surface area contributed by atoms with Crippen molar-refractivity contribution in [2.75, 3.05) is 13.1 Å². The number of halogens is 3. The lowest BCUT2D eigenvalue weighted by molar-refractivity contribution is -0.142. The summed E-state index contributed by atoms with van der Waals surface area (Å²) in [6.45, 7) is 4.12. The van der Waals surface area contributed by atoms with Crippen LogP contribution in [0.5, 0.6) is 0 Å². The maximum atomic E-state index is 12.9. The van der Waals surface area contributed by atoms with Crippen molar-refractivity contribution in [3.05, 3.63) is 30.0 Å². The number of alkyl halides is 3. The molecule has 1 aliphatic carbocycles. The number of fused-ring (bicyclic) bond motifs is 2. The number of hydrogen-bond acceptors (Lipinski definition) is 3. The number of carbonyl (C=O) groups excluding carboxylic acids is 1. The molecule has 2 heterocycles. The van der Waals surface area contributed by atoms with Gasteiger partial charge < -0.3 is 10.6 Å². The highest BCUT2D eigenvalue weighted by atomic mass is 19.4. The van der Waals surface area contributed by atoms with Gasteiger partial charge in [0.25, 0.3) is 0 Å². The molecule has 26 heavy (non-hydrogen) atoms. The van der Waals surface area contributed by atoms with E-state index in [1.165, 1.54) is 0 Å². The second kappa shape index (κ2) is 5.70. The zero-order valence-electron chi connectivity index (χ0n) is 14.6. The summed E-state index contributed by atoms with van der Waals surface area (Å²) in [6.07, 6.45) is -4.36. The van der Waals surface area contributed by atoms with Crippen LogP contribution < -0.4 is 10.6 Å². The Hall–Kier alpha value is -2.09. The minimum atomic E-state index is -4.36. The number of para-hydroxylation sites is 1. The van der Waals surface area contributed by atoms with Crippen LogP contribution in [0, 0.1) is 17.8 Å². The van der Waals surface area contributed by atoms with Gasteiger partial charge in [-0.1, -0.05) is 18.2 Å². The largest absolute Gasteiger partial charge is 0.408 e. The summed E-state index contributed by atoms with van der Waals surface area (Å²) in [5, 5.41) is 11.1. The summed E-state index contributed by atoms with van der Waals surface area (Å²) in [4.78, 5) is 12.6. The Morgan fingerprint density at radius 2 is 1.92 bits per heavy atom. The fourth-order valence-corrected chi connectivity index (χ4v) is 4.14. The van der Waals surface area contributed by atoms with E-state index in [-0.39, 0.29) is 11.8 Å². The molecule has 8 heteroatoms. The van der Waals surface area contributed by atoms with Crippen molar-refractivity contribution in [2.45, 2.75) is 32.1 Å². The third kappa shape index (κ3) is 2.96. The maximum absolute atomic E-state index is 12.9. The molecular formula is C18H21F3N4O. The van der Waals surface area contributed by atoms with E-state index in [9.17, 15) is 18.0 Å². The molecule has 2 N–H and O–H groups in total. The van der Waals surface area contributed by atoms with Crippen LogP contribution in [-0.2, 0) is 16.9 Å². The summed E-state index contributed by atoms with van der Waals surface area (Å²) in [7, 11) is 0. The molecule has 5 nitrogen and oxygen atoms in total. The molecule has 0 bridgehead atoms. The predicted octanol–water partition coefficient (Wildman–Crippen LogP) is 2.42. The summed E-state index contributed by atoms with van der Waals surface area (Å²) in [5.74, 6) is 0.718. The van der Waals surface area contributed by atoms with Gasteiger partial charge in [-0.15, -0.1) is 0 Å².